The van der Waals surface area contributed by atoms with Gasteiger partial charge in [0, 0.05) is 130 Å². The third-order valence-corrected chi connectivity index (χ3v) is 21.1. The SMILES string of the molecule is CCCN(CC(=O)C(C)(CCC)N(CC(N)=O)Cc1cn(CCCNC(=O)CCCOc2c(C(C)(C)C)cc(-c3nc4cc(N5CCN(C)CC5)ccc4[nH]3)cc2C(C)(C)C)nn1)C(C)(CC)C(=O)CCCOc1cccc(-c2nc3ccc(-c4nc5ccc(N6CCN(C)CC6)cc5[nH]4)cc3[nH]2)c1. The number of amides is 2. The highest BCUT2D eigenvalue weighted by Crippen LogP contribution is 2.43. The molecule has 2 amide bonds. The lowest BCUT2D eigenvalue weighted by Crippen LogP contribution is -2.60. The number of nitrogens with zero attached hydrogens (tertiary/aromatic N) is 12. The van der Waals surface area contributed by atoms with E-state index in [1.165, 1.54) is 11.4 Å². The van der Waals surface area contributed by atoms with E-state index in [1.54, 1.807) is 4.68 Å². The number of nitrogens with one attached hydrogen (secondary N) is 4. The number of benzene rings is 5. The van der Waals surface area contributed by atoms with Gasteiger partial charge in [0.05, 0.1) is 76.2 Å². The molecule has 2 aliphatic rings. The van der Waals surface area contributed by atoms with E-state index in [9.17, 15) is 14.4 Å². The number of rotatable bonds is 34. The molecule has 2 unspecified atom stereocenters. The number of carbonyl (C=O) groups excluding carboxylic acids is 4. The number of nitrogens with two attached hydrogens (primary N) is 1. The van der Waals surface area contributed by atoms with Crippen molar-refractivity contribution < 1.29 is 28.7 Å². The first-order valence-electron chi connectivity index (χ1n) is 37.6. The van der Waals surface area contributed by atoms with Crippen molar-refractivity contribution in [3.05, 3.63) is 114 Å². The van der Waals surface area contributed by atoms with Gasteiger partial charge in [-0.3, -0.25) is 33.7 Å². The molecule has 11 rings (SSSR count). The van der Waals surface area contributed by atoms with Crippen LogP contribution in [0.2, 0.25) is 0 Å². The number of hydrogen-bond acceptors (Lipinski definition) is 17. The zero-order valence-corrected chi connectivity index (χ0v) is 63.8. The third kappa shape index (κ3) is 18.2. The summed E-state index contributed by atoms with van der Waals surface area (Å²) in [6, 6.07) is 31.3. The Kier molecular flexibility index (Phi) is 24.1. The van der Waals surface area contributed by atoms with Crippen LogP contribution in [0.3, 0.4) is 0 Å². The van der Waals surface area contributed by atoms with Gasteiger partial charge in [-0.25, -0.2) is 15.0 Å². The Bertz CT molecular complexity index is 4410. The van der Waals surface area contributed by atoms with E-state index >= 15 is 4.79 Å². The second kappa shape index (κ2) is 33.0. The number of imidazole rings is 3. The number of likely N-dealkylation sites (N-methyl/N-ethyl adjacent to an activating group) is 2. The van der Waals surface area contributed by atoms with Crippen LogP contribution in [0.4, 0.5) is 11.4 Å². The second-order valence-electron chi connectivity index (χ2n) is 31.2. The van der Waals surface area contributed by atoms with Crippen LogP contribution in [0.25, 0.3) is 67.3 Å². The molecule has 5 aromatic carbocycles. The zero-order chi connectivity index (χ0) is 74.1. The maximum atomic E-state index is 15.0. The minimum absolute atomic E-state index is 0.000436. The van der Waals surface area contributed by atoms with Crippen molar-refractivity contribution in [3.8, 4) is 45.7 Å². The Labute approximate surface area is 613 Å². The zero-order valence-electron chi connectivity index (χ0n) is 63.8. The lowest BCUT2D eigenvalue weighted by molar-refractivity contribution is -0.139. The first kappa shape index (κ1) is 76.1. The van der Waals surface area contributed by atoms with Crippen molar-refractivity contribution in [1.29, 1.82) is 0 Å². The standard InChI is InChI=1S/C81H111N17O6/c1-14-31-81(11,71(100)53-96(33-15-2)80(10,16-3)70(99)23-18-43-103-61-22-17-21-55(45-61)75-84-64-28-25-56(48-67(64)87-75)76-85-65-29-26-59(49-68(65)88-76)94-39-35-92(12)36-40-94)97(54-72(82)101)51-58-52-98(91-90-58)34-20-32-83-73(102)24-19-44-104-74-62(78(4,5)6)46-57(47-63(74)79(7,8)9)77-86-66-30-27-60(50-69(66)89-77)95-41-37-93(13)38-42-95/h17,21-22,25-30,45-50,52H,14-16,18-20,23-24,31-44,51,53-54H2,1-13H3,(H2,82,101)(H,83,102)(H,84,87)(H,85,88)(H,86,89). The number of ketones is 2. The first-order valence-corrected chi connectivity index (χ1v) is 37.6. The highest BCUT2D eigenvalue weighted by atomic mass is 16.5. The predicted octanol–water partition coefficient (Wildman–Crippen LogP) is 12.1. The Hall–Kier alpha value is -9.03. The molecular weight excluding hydrogens is 1310 g/mol. The van der Waals surface area contributed by atoms with Crippen LogP contribution >= 0.6 is 0 Å². The summed E-state index contributed by atoms with van der Waals surface area (Å²) in [7, 11) is 4.34. The number of aryl methyl sites for hydroxylation is 1. The Morgan fingerprint density at radius 1 is 0.577 bits per heavy atom. The summed E-state index contributed by atoms with van der Waals surface area (Å²) in [4.78, 5) is 94.8. The summed E-state index contributed by atoms with van der Waals surface area (Å²) in [6.45, 7) is 33.3. The van der Waals surface area contributed by atoms with Crippen molar-refractivity contribution in [3.63, 3.8) is 0 Å². The number of hydrogen-bond donors (Lipinski definition) is 5. The molecule has 2 fully saturated rings. The van der Waals surface area contributed by atoms with Crippen LogP contribution in [-0.2, 0) is 43.1 Å². The van der Waals surface area contributed by atoms with E-state index in [0.717, 1.165) is 137 Å². The van der Waals surface area contributed by atoms with Crippen LogP contribution in [0.15, 0.2) is 97.2 Å². The predicted molar refractivity (Wildman–Crippen MR) is 416 cm³/mol. The summed E-state index contributed by atoms with van der Waals surface area (Å²) in [5.41, 5.74) is 16.9. The molecule has 23 heteroatoms. The molecule has 0 radical (unpaired) electrons. The van der Waals surface area contributed by atoms with Crippen molar-refractivity contribution >= 4 is 67.9 Å². The van der Waals surface area contributed by atoms with Crippen molar-refractivity contribution in [2.45, 2.75) is 169 Å². The molecule has 0 saturated carbocycles. The topological polar surface area (TPSA) is 261 Å². The van der Waals surface area contributed by atoms with Crippen LogP contribution < -0.4 is 30.3 Å². The fourth-order valence-corrected chi connectivity index (χ4v) is 14.5. The molecule has 6 heterocycles. The monoisotopic (exact) mass is 1420 g/mol. The largest absolute Gasteiger partial charge is 0.494 e. The van der Waals surface area contributed by atoms with E-state index in [-0.39, 0.29) is 54.4 Å². The summed E-state index contributed by atoms with van der Waals surface area (Å²) in [5, 5.41) is 12.0. The van der Waals surface area contributed by atoms with Crippen LogP contribution in [0.5, 0.6) is 11.5 Å². The van der Waals surface area contributed by atoms with Gasteiger partial charge in [-0.15, -0.1) is 5.10 Å². The van der Waals surface area contributed by atoms with Crippen molar-refractivity contribution in [1.82, 2.24) is 69.8 Å². The minimum atomic E-state index is -1.13. The number of aromatic amines is 3. The normalized spacial score (nSPS) is 15.5. The quantitative estimate of drug-likeness (QED) is 0.0235. The first-order chi connectivity index (χ1) is 49.7. The lowest BCUT2D eigenvalue weighted by Gasteiger charge is -2.44. The number of carbonyl (C=O) groups is 4. The summed E-state index contributed by atoms with van der Waals surface area (Å²) in [5.74, 6) is 3.14. The van der Waals surface area contributed by atoms with E-state index in [0.29, 0.717) is 95.1 Å². The van der Waals surface area contributed by atoms with Gasteiger partial charge < -0.3 is 55.1 Å². The van der Waals surface area contributed by atoms with Crippen molar-refractivity contribution in [2.24, 2.45) is 5.73 Å². The van der Waals surface area contributed by atoms with Crippen LogP contribution in [-0.4, -0.2) is 205 Å². The van der Waals surface area contributed by atoms with E-state index in [4.69, 9.17) is 30.2 Å². The van der Waals surface area contributed by atoms with Gasteiger partial charge >= 0.3 is 0 Å². The summed E-state index contributed by atoms with van der Waals surface area (Å²) < 4.78 is 14.7. The van der Waals surface area contributed by atoms with Crippen molar-refractivity contribution in [2.75, 3.05) is 116 Å². The molecule has 0 bridgehead atoms. The number of H-pyrrole nitrogens is 3. The smallest absolute Gasteiger partial charge is 0.231 e. The van der Waals surface area contributed by atoms with Gasteiger partial charge in [-0.05, 0) is 163 Å². The van der Waals surface area contributed by atoms with Gasteiger partial charge in [0.2, 0.25) is 11.8 Å². The summed E-state index contributed by atoms with van der Waals surface area (Å²) >= 11 is 0. The number of piperazine rings is 2. The number of ether oxygens (including phenoxy) is 2. The second-order valence-corrected chi connectivity index (χ2v) is 31.2. The average Bonchev–Trinajstić information content (AvgIpc) is 1.29. The molecule has 104 heavy (non-hydrogen) atoms. The van der Waals surface area contributed by atoms with Gasteiger partial charge in [0.25, 0.3) is 0 Å². The molecule has 2 aliphatic heterocycles. The van der Waals surface area contributed by atoms with Gasteiger partial charge in [0.15, 0.2) is 11.6 Å². The summed E-state index contributed by atoms with van der Waals surface area (Å²) in [6.07, 6.45) is 6.29. The molecule has 4 aromatic heterocycles. The molecule has 2 atom stereocenters. The lowest BCUT2D eigenvalue weighted by atomic mass is 9.78. The number of Topliss-reactive ketones (excluding diaryl/α,β-unsaturated/α-hetero) is 2. The number of anilines is 2. The van der Waals surface area contributed by atoms with Gasteiger partial charge in [-0.2, -0.15) is 0 Å². The Balaban J connectivity index is 0.647. The maximum Gasteiger partial charge on any atom is 0.231 e. The Morgan fingerprint density at radius 2 is 1.16 bits per heavy atom. The van der Waals surface area contributed by atoms with E-state index < -0.39 is 17.0 Å². The average molecular weight is 1420 g/mol. The highest BCUT2D eigenvalue weighted by Gasteiger charge is 2.44. The number of fused-ring (bicyclic) bond motifs is 3. The molecule has 556 valence electrons. The molecule has 6 N–H and O–H groups in total. The molecule has 9 aromatic rings. The molecule has 0 aliphatic carbocycles. The fraction of sp³-hybridized carbons (Fsp3) is 0.519. The van der Waals surface area contributed by atoms with Crippen LogP contribution in [0.1, 0.15) is 151 Å². The maximum absolute atomic E-state index is 15.0. The fourth-order valence-electron chi connectivity index (χ4n) is 14.5. The van der Waals surface area contributed by atoms with Gasteiger partial charge in [0.1, 0.15) is 29.0 Å². The molecule has 0 spiro atoms. The minimum Gasteiger partial charge on any atom is -0.494 e. The number of primary amides is 1. The molecular formula is C81H111N17O6. The Morgan fingerprint density at radius 3 is 1.80 bits per heavy atom. The van der Waals surface area contributed by atoms with Gasteiger partial charge in [-0.1, -0.05) is 86.1 Å². The van der Waals surface area contributed by atoms with Crippen LogP contribution in [0, 0.1) is 0 Å². The third-order valence-electron chi connectivity index (χ3n) is 21.1. The van der Waals surface area contributed by atoms with E-state index in [1.807, 2.05) is 87.0 Å². The molecule has 2 saturated heterocycles. The number of aromatic nitrogens is 9. The highest BCUT2D eigenvalue weighted by molar-refractivity contribution is 5.93. The molecule has 23 nitrogen and oxygen atoms in total. The van der Waals surface area contributed by atoms with E-state index in [2.05, 4.69) is 160 Å².